The minimum atomic E-state index is -0.518. The van der Waals surface area contributed by atoms with Crippen LogP contribution in [0.3, 0.4) is 0 Å². The van der Waals surface area contributed by atoms with E-state index in [1.165, 1.54) is 32.6 Å². The molecule has 2 saturated carbocycles. The molecular formula is C20H34O5. The Balaban J connectivity index is 1.52. The predicted molar refractivity (Wildman–Crippen MR) is 93.8 cm³/mol. The highest BCUT2D eigenvalue weighted by Crippen LogP contribution is 2.51. The van der Waals surface area contributed by atoms with E-state index in [0.29, 0.717) is 18.8 Å². The number of hydrogen-bond acceptors (Lipinski definition) is 5. The molecule has 25 heavy (non-hydrogen) atoms. The van der Waals surface area contributed by atoms with Gasteiger partial charge in [-0.25, -0.2) is 0 Å². The molecule has 3 rings (SSSR count). The van der Waals surface area contributed by atoms with Crippen molar-refractivity contribution in [3.8, 4) is 0 Å². The van der Waals surface area contributed by atoms with Gasteiger partial charge in [-0.2, -0.15) is 0 Å². The minimum Gasteiger partial charge on any atom is -0.463 e. The Morgan fingerprint density at radius 2 is 1.96 bits per heavy atom. The van der Waals surface area contributed by atoms with Crippen LogP contribution in [0, 0.1) is 17.8 Å². The predicted octanol–water partition coefficient (Wildman–Crippen LogP) is 3.43. The molecular weight excluding hydrogens is 320 g/mol. The molecule has 1 saturated heterocycles. The molecule has 2 aliphatic carbocycles. The summed E-state index contributed by atoms with van der Waals surface area (Å²) in [5.41, 5.74) is 0. The molecule has 0 aromatic rings. The van der Waals surface area contributed by atoms with Gasteiger partial charge in [0.25, 0.3) is 0 Å². The lowest BCUT2D eigenvalue weighted by atomic mass is 9.87. The van der Waals surface area contributed by atoms with Crippen LogP contribution in [0.1, 0.15) is 72.1 Å². The van der Waals surface area contributed by atoms with Gasteiger partial charge in [-0.1, -0.05) is 13.3 Å². The number of aliphatic hydroxyl groups is 1. The zero-order chi connectivity index (χ0) is 18.0. The summed E-state index contributed by atoms with van der Waals surface area (Å²) in [6, 6.07) is 0. The van der Waals surface area contributed by atoms with Crippen LogP contribution < -0.4 is 0 Å². The van der Waals surface area contributed by atoms with Crippen LogP contribution in [0.15, 0.2) is 0 Å². The van der Waals surface area contributed by atoms with Gasteiger partial charge in [0.15, 0.2) is 6.29 Å². The van der Waals surface area contributed by atoms with Crippen LogP contribution in [0.5, 0.6) is 0 Å². The van der Waals surface area contributed by atoms with Crippen molar-refractivity contribution in [1.29, 1.82) is 0 Å². The van der Waals surface area contributed by atoms with E-state index in [-0.39, 0.29) is 30.6 Å². The van der Waals surface area contributed by atoms with Crippen LogP contribution in [0.2, 0.25) is 0 Å². The highest BCUT2D eigenvalue weighted by molar-refractivity contribution is 5.66. The fourth-order valence-corrected chi connectivity index (χ4v) is 5.17. The van der Waals surface area contributed by atoms with Gasteiger partial charge in [-0.05, 0) is 50.9 Å². The largest absolute Gasteiger partial charge is 0.463 e. The lowest BCUT2D eigenvalue weighted by Gasteiger charge is -2.41. The van der Waals surface area contributed by atoms with Crippen molar-refractivity contribution >= 4 is 5.97 Å². The molecule has 0 amide bonds. The second kappa shape index (κ2) is 8.36. The van der Waals surface area contributed by atoms with Crippen LogP contribution in [-0.2, 0) is 19.0 Å². The first-order valence-corrected chi connectivity index (χ1v) is 10.1. The van der Waals surface area contributed by atoms with Gasteiger partial charge in [0.05, 0.1) is 18.3 Å². The Morgan fingerprint density at radius 1 is 1.20 bits per heavy atom. The molecule has 0 aromatic carbocycles. The Hall–Kier alpha value is -0.650. The molecule has 3 fully saturated rings. The molecule has 5 heteroatoms. The fourth-order valence-electron chi connectivity index (χ4n) is 5.17. The van der Waals surface area contributed by atoms with Crippen molar-refractivity contribution in [2.24, 2.45) is 17.8 Å². The molecule has 5 nitrogen and oxygen atoms in total. The van der Waals surface area contributed by atoms with Crippen LogP contribution in [-0.4, -0.2) is 41.8 Å². The van der Waals surface area contributed by atoms with E-state index in [4.69, 9.17) is 14.2 Å². The summed E-state index contributed by atoms with van der Waals surface area (Å²) < 4.78 is 17.7. The number of rotatable bonds is 7. The first kappa shape index (κ1) is 19.1. The quantitative estimate of drug-likeness (QED) is 0.710. The average molecular weight is 354 g/mol. The van der Waals surface area contributed by atoms with E-state index in [9.17, 15) is 9.90 Å². The molecule has 2 bridgehead atoms. The highest BCUT2D eigenvalue weighted by atomic mass is 16.7. The number of hydrogen-bond donors (Lipinski definition) is 1. The minimum absolute atomic E-state index is 0.0300. The van der Waals surface area contributed by atoms with Gasteiger partial charge in [0, 0.05) is 25.7 Å². The van der Waals surface area contributed by atoms with Crippen LogP contribution in [0.25, 0.3) is 0 Å². The zero-order valence-corrected chi connectivity index (χ0v) is 15.9. The Kier molecular flexibility index (Phi) is 6.39. The number of aliphatic hydroxyl groups excluding tert-OH is 1. The maximum atomic E-state index is 11.0. The average Bonchev–Trinajstić information content (AvgIpc) is 3.16. The van der Waals surface area contributed by atoms with Gasteiger partial charge in [-0.3, -0.25) is 4.79 Å². The molecule has 8 unspecified atom stereocenters. The lowest BCUT2D eigenvalue weighted by Crippen LogP contribution is -2.44. The second-order valence-electron chi connectivity index (χ2n) is 8.41. The number of carbonyl (C=O) groups is 1. The van der Waals surface area contributed by atoms with Crippen LogP contribution in [0.4, 0.5) is 0 Å². The molecule has 1 aliphatic heterocycles. The molecule has 3 aliphatic rings. The van der Waals surface area contributed by atoms with E-state index >= 15 is 0 Å². The highest BCUT2D eigenvalue weighted by Gasteiger charge is 2.46. The second-order valence-corrected chi connectivity index (χ2v) is 8.41. The maximum Gasteiger partial charge on any atom is 0.302 e. The summed E-state index contributed by atoms with van der Waals surface area (Å²) in [5.74, 6) is 1.87. The van der Waals surface area contributed by atoms with Crippen molar-refractivity contribution in [3.63, 3.8) is 0 Å². The third-order valence-electron chi connectivity index (χ3n) is 6.28. The molecule has 144 valence electrons. The van der Waals surface area contributed by atoms with Crippen LogP contribution >= 0.6 is 0 Å². The topological polar surface area (TPSA) is 65.0 Å². The van der Waals surface area contributed by atoms with E-state index in [1.807, 2.05) is 6.92 Å². The maximum absolute atomic E-state index is 11.0. The Labute approximate surface area is 151 Å². The third-order valence-corrected chi connectivity index (χ3v) is 6.28. The van der Waals surface area contributed by atoms with Gasteiger partial charge in [0.1, 0.15) is 6.10 Å². The fraction of sp³-hybridized carbons (Fsp3) is 0.950. The number of ether oxygens (including phenoxy) is 3. The molecule has 0 radical (unpaired) electrons. The Morgan fingerprint density at radius 3 is 2.56 bits per heavy atom. The van der Waals surface area contributed by atoms with Crippen molar-refractivity contribution in [2.45, 2.75) is 103 Å². The van der Waals surface area contributed by atoms with Gasteiger partial charge in [0.2, 0.25) is 0 Å². The monoisotopic (exact) mass is 354 g/mol. The van der Waals surface area contributed by atoms with E-state index in [1.54, 1.807) is 0 Å². The summed E-state index contributed by atoms with van der Waals surface area (Å²) >= 11 is 0. The van der Waals surface area contributed by atoms with Crippen molar-refractivity contribution in [3.05, 3.63) is 0 Å². The van der Waals surface area contributed by atoms with Crippen molar-refractivity contribution < 1.29 is 24.1 Å². The number of esters is 1. The first-order chi connectivity index (χ1) is 11.9. The zero-order valence-electron chi connectivity index (χ0n) is 15.9. The molecule has 1 N–H and O–H groups in total. The van der Waals surface area contributed by atoms with Gasteiger partial charge in [-0.15, -0.1) is 0 Å². The lowest BCUT2D eigenvalue weighted by molar-refractivity contribution is -0.273. The summed E-state index contributed by atoms with van der Waals surface area (Å²) in [4.78, 5) is 11.0. The molecule has 0 aromatic heterocycles. The number of carbonyl (C=O) groups excluding carboxylic acids is 1. The first-order valence-electron chi connectivity index (χ1n) is 10.1. The normalized spacial score (nSPS) is 40.0. The van der Waals surface area contributed by atoms with Gasteiger partial charge >= 0.3 is 5.97 Å². The van der Waals surface area contributed by atoms with Crippen molar-refractivity contribution in [1.82, 2.24) is 0 Å². The van der Waals surface area contributed by atoms with E-state index in [0.717, 1.165) is 24.7 Å². The summed E-state index contributed by atoms with van der Waals surface area (Å²) in [6.45, 7) is 5.38. The smallest absolute Gasteiger partial charge is 0.302 e. The molecule has 0 spiro atoms. The van der Waals surface area contributed by atoms with E-state index in [2.05, 4.69) is 6.92 Å². The van der Waals surface area contributed by atoms with Crippen molar-refractivity contribution in [2.75, 3.05) is 0 Å². The summed E-state index contributed by atoms with van der Waals surface area (Å²) in [5, 5.41) is 10.4. The van der Waals surface area contributed by atoms with E-state index < -0.39 is 6.10 Å². The summed E-state index contributed by atoms with van der Waals surface area (Å²) in [6.07, 6.45) is 7.51. The summed E-state index contributed by atoms with van der Waals surface area (Å²) in [7, 11) is 0. The van der Waals surface area contributed by atoms with Gasteiger partial charge < -0.3 is 19.3 Å². The Bertz CT molecular complexity index is 453. The third kappa shape index (κ3) is 4.95. The standard InChI is InChI=1S/C20H34O5/c1-4-17-11-18(10-16(22)7-12(2)23-13(3)21)25-20(24-17)19-9-14-5-6-15(19)8-14/h12,14-20,22H,4-11H2,1-3H3. The molecule has 1 heterocycles. The number of fused-ring (bicyclic) bond motifs is 2. The SMILES string of the molecule is CCC1CC(CC(O)CC(C)OC(C)=O)OC(C2CC3CCC2C3)O1. The molecule has 8 atom stereocenters.